The second-order valence-electron chi connectivity index (χ2n) is 6.28. The van der Waals surface area contributed by atoms with Crippen LogP contribution < -0.4 is 14.8 Å². The maximum atomic E-state index is 13.5. The molecule has 0 saturated heterocycles. The number of hydrogen-bond acceptors (Lipinski definition) is 6. The van der Waals surface area contributed by atoms with Crippen LogP contribution in [0.4, 0.5) is 4.39 Å². The van der Waals surface area contributed by atoms with Crippen LogP contribution in [-0.2, 0) is 0 Å². The molecular weight excluding hydrogens is 389 g/mol. The van der Waals surface area contributed by atoms with Crippen molar-refractivity contribution in [3.63, 3.8) is 0 Å². The minimum atomic E-state index is -0.373. The van der Waals surface area contributed by atoms with E-state index in [1.54, 1.807) is 48.5 Å². The Kier molecular flexibility index (Phi) is 5.51. The van der Waals surface area contributed by atoms with Gasteiger partial charge in [-0.05, 0) is 30.3 Å². The number of aromatic nitrogens is 4. The number of hydrogen-bond donors (Lipinski definition) is 1. The lowest BCUT2D eigenvalue weighted by Crippen LogP contribution is -2.28. The van der Waals surface area contributed by atoms with Crippen LogP contribution in [-0.4, -0.2) is 46.0 Å². The third-order valence-corrected chi connectivity index (χ3v) is 4.31. The molecule has 0 fully saturated rings. The first-order valence-corrected chi connectivity index (χ1v) is 9.18. The molecule has 0 bridgehead atoms. The predicted octanol–water partition coefficient (Wildman–Crippen LogP) is 2.75. The lowest BCUT2D eigenvalue weighted by Gasteiger charge is -2.10. The van der Waals surface area contributed by atoms with E-state index >= 15 is 0 Å². The lowest BCUT2D eigenvalue weighted by atomic mass is 10.2. The first-order valence-electron chi connectivity index (χ1n) is 9.18. The quantitative estimate of drug-likeness (QED) is 0.474. The van der Waals surface area contributed by atoms with Gasteiger partial charge in [-0.25, -0.2) is 4.39 Å². The number of para-hydroxylation sites is 1. The van der Waals surface area contributed by atoms with Crippen LogP contribution in [0, 0.1) is 5.82 Å². The molecule has 0 spiro atoms. The molecule has 2 heterocycles. The Bertz CT molecular complexity index is 1190. The zero-order valence-corrected chi connectivity index (χ0v) is 16.1. The Morgan fingerprint density at radius 1 is 1.10 bits per heavy atom. The fraction of sp³-hybridized carbons (Fsp3) is 0.143. The highest BCUT2D eigenvalue weighted by molar-refractivity contribution is 5.96. The van der Waals surface area contributed by atoms with Crippen LogP contribution in [0.1, 0.15) is 10.4 Å². The van der Waals surface area contributed by atoms with Crippen LogP contribution in [0.15, 0.2) is 60.7 Å². The predicted molar refractivity (Wildman–Crippen MR) is 107 cm³/mol. The number of ether oxygens (including phenoxy) is 2. The average Bonchev–Trinajstić information content (AvgIpc) is 3.20. The minimum Gasteiger partial charge on any atom is -0.496 e. The molecule has 2 aromatic carbocycles. The SMILES string of the molecule is COc1ccccc1C(=O)NCCOc1ccc2nnc(-c3cccc(F)c3)n2n1. The van der Waals surface area contributed by atoms with E-state index in [0.717, 1.165) is 0 Å². The van der Waals surface area contributed by atoms with Crippen molar-refractivity contribution in [3.8, 4) is 23.0 Å². The third kappa shape index (κ3) is 4.04. The first kappa shape index (κ1) is 19.3. The van der Waals surface area contributed by atoms with Crippen LogP contribution in [0.25, 0.3) is 17.0 Å². The Hall–Kier alpha value is -4.01. The molecule has 0 unspecified atom stereocenters. The summed E-state index contributed by atoms with van der Waals surface area (Å²) in [5.41, 5.74) is 1.51. The number of benzene rings is 2. The van der Waals surface area contributed by atoms with Gasteiger partial charge in [-0.3, -0.25) is 4.79 Å². The molecule has 0 saturated carbocycles. The molecule has 0 radical (unpaired) electrons. The number of nitrogens with zero attached hydrogens (tertiary/aromatic N) is 4. The van der Waals surface area contributed by atoms with Crippen LogP contribution in [0.2, 0.25) is 0 Å². The van der Waals surface area contributed by atoms with Gasteiger partial charge in [0.2, 0.25) is 5.88 Å². The highest BCUT2D eigenvalue weighted by Gasteiger charge is 2.12. The Balaban J connectivity index is 1.41. The molecule has 2 aromatic heterocycles. The molecule has 1 N–H and O–H groups in total. The number of carbonyl (C=O) groups is 1. The van der Waals surface area contributed by atoms with E-state index < -0.39 is 0 Å². The maximum Gasteiger partial charge on any atom is 0.255 e. The van der Waals surface area contributed by atoms with Crippen molar-refractivity contribution in [1.29, 1.82) is 0 Å². The number of fused-ring (bicyclic) bond motifs is 1. The summed E-state index contributed by atoms with van der Waals surface area (Å²) in [4.78, 5) is 12.3. The highest BCUT2D eigenvalue weighted by atomic mass is 19.1. The molecule has 152 valence electrons. The zero-order chi connectivity index (χ0) is 20.9. The van der Waals surface area contributed by atoms with Gasteiger partial charge in [0.1, 0.15) is 18.2 Å². The summed E-state index contributed by atoms with van der Waals surface area (Å²) < 4.78 is 25.8. The van der Waals surface area contributed by atoms with Gasteiger partial charge < -0.3 is 14.8 Å². The molecule has 30 heavy (non-hydrogen) atoms. The fourth-order valence-corrected chi connectivity index (χ4v) is 2.90. The van der Waals surface area contributed by atoms with E-state index in [2.05, 4.69) is 20.6 Å². The largest absolute Gasteiger partial charge is 0.496 e. The second kappa shape index (κ2) is 8.56. The summed E-state index contributed by atoms with van der Waals surface area (Å²) in [5, 5.41) is 15.2. The molecule has 0 aliphatic rings. The van der Waals surface area contributed by atoms with Gasteiger partial charge >= 0.3 is 0 Å². The standard InChI is InChI=1S/C21H18FN5O3/c1-29-17-8-3-2-7-16(17)21(28)23-11-12-30-19-10-9-18-24-25-20(27(18)26-19)14-5-4-6-15(22)13-14/h2-10,13H,11-12H2,1H3,(H,23,28). The van der Waals surface area contributed by atoms with Crippen LogP contribution >= 0.6 is 0 Å². The molecule has 0 aliphatic heterocycles. The van der Waals surface area contributed by atoms with Crippen LogP contribution in [0.3, 0.4) is 0 Å². The molecule has 9 heteroatoms. The molecular formula is C21H18FN5O3. The maximum absolute atomic E-state index is 13.5. The molecule has 0 atom stereocenters. The third-order valence-electron chi connectivity index (χ3n) is 4.31. The van der Waals surface area contributed by atoms with Crippen molar-refractivity contribution in [2.75, 3.05) is 20.3 Å². The second-order valence-corrected chi connectivity index (χ2v) is 6.28. The summed E-state index contributed by atoms with van der Waals surface area (Å²) in [6, 6.07) is 16.4. The van der Waals surface area contributed by atoms with Gasteiger partial charge in [-0.2, -0.15) is 4.52 Å². The number of amides is 1. The summed E-state index contributed by atoms with van der Waals surface area (Å²) in [6.45, 7) is 0.479. The van der Waals surface area contributed by atoms with Gasteiger partial charge in [0.25, 0.3) is 5.91 Å². The van der Waals surface area contributed by atoms with E-state index in [-0.39, 0.29) is 24.9 Å². The Morgan fingerprint density at radius 2 is 1.97 bits per heavy atom. The highest BCUT2D eigenvalue weighted by Crippen LogP contribution is 2.20. The topological polar surface area (TPSA) is 90.6 Å². The van der Waals surface area contributed by atoms with Gasteiger partial charge in [0.15, 0.2) is 11.5 Å². The monoisotopic (exact) mass is 407 g/mol. The van der Waals surface area contributed by atoms with Crippen LogP contribution in [0.5, 0.6) is 11.6 Å². The van der Waals surface area contributed by atoms with Crippen molar-refractivity contribution in [3.05, 3.63) is 72.0 Å². The lowest BCUT2D eigenvalue weighted by molar-refractivity contribution is 0.0943. The summed E-state index contributed by atoms with van der Waals surface area (Å²) in [6.07, 6.45) is 0. The van der Waals surface area contributed by atoms with Crippen molar-refractivity contribution in [2.45, 2.75) is 0 Å². The van der Waals surface area contributed by atoms with Gasteiger partial charge in [0.05, 0.1) is 19.2 Å². The van der Waals surface area contributed by atoms with Crippen molar-refractivity contribution >= 4 is 11.6 Å². The van der Waals surface area contributed by atoms with E-state index in [0.29, 0.717) is 34.2 Å². The van der Waals surface area contributed by atoms with Crippen molar-refractivity contribution < 1.29 is 18.7 Å². The zero-order valence-electron chi connectivity index (χ0n) is 16.1. The van der Waals surface area contributed by atoms with E-state index in [4.69, 9.17) is 9.47 Å². The normalized spacial score (nSPS) is 10.7. The number of halogens is 1. The van der Waals surface area contributed by atoms with Gasteiger partial charge in [-0.15, -0.1) is 15.3 Å². The molecule has 4 rings (SSSR count). The van der Waals surface area contributed by atoms with Gasteiger partial charge in [0, 0.05) is 11.6 Å². The smallest absolute Gasteiger partial charge is 0.255 e. The first-order chi connectivity index (χ1) is 14.7. The number of rotatable bonds is 7. The Labute approximate surface area is 171 Å². The number of methoxy groups -OCH3 is 1. The van der Waals surface area contributed by atoms with E-state index in [1.165, 1.54) is 23.8 Å². The summed E-state index contributed by atoms with van der Waals surface area (Å²) >= 11 is 0. The average molecular weight is 407 g/mol. The Morgan fingerprint density at radius 3 is 2.80 bits per heavy atom. The number of carbonyl (C=O) groups excluding carboxylic acids is 1. The minimum absolute atomic E-state index is 0.205. The van der Waals surface area contributed by atoms with Crippen molar-refractivity contribution in [2.24, 2.45) is 0 Å². The summed E-state index contributed by atoms with van der Waals surface area (Å²) in [5.74, 6) is 0.598. The van der Waals surface area contributed by atoms with Crippen molar-refractivity contribution in [1.82, 2.24) is 25.1 Å². The molecule has 4 aromatic rings. The molecule has 1 amide bonds. The summed E-state index contributed by atoms with van der Waals surface area (Å²) in [7, 11) is 1.51. The van der Waals surface area contributed by atoms with E-state index in [9.17, 15) is 9.18 Å². The molecule has 0 aliphatic carbocycles. The van der Waals surface area contributed by atoms with Gasteiger partial charge in [-0.1, -0.05) is 24.3 Å². The molecule has 8 nitrogen and oxygen atoms in total. The fourth-order valence-electron chi connectivity index (χ4n) is 2.90. The van der Waals surface area contributed by atoms with E-state index in [1.807, 2.05) is 0 Å². The number of nitrogens with one attached hydrogen (secondary N) is 1.